The number of halogens is 2. The average Bonchev–Trinajstić information content (AvgIpc) is 3.14. The molecule has 0 atom stereocenters. The molecule has 0 bridgehead atoms. The molecule has 1 aliphatic heterocycles. The summed E-state index contributed by atoms with van der Waals surface area (Å²) in [5, 5.41) is 5.70. The van der Waals surface area contributed by atoms with E-state index in [1.807, 2.05) is 13.8 Å². The number of hydrogen-bond donors (Lipinski definition) is 3. The van der Waals surface area contributed by atoms with Crippen LogP contribution in [0.1, 0.15) is 46.7 Å². The molecule has 2 amide bonds. The number of fused-ring (bicyclic) bond motifs is 1. The molecule has 0 unspecified atom stereocenters. The van der Waals surface area contributed by atoms with Crippen LogP contribution in [0, 0.1) is 19.7 Å². The third kappa shape index (κ3) is 4.74. The van der Waals surface area contributed by atoms with E-state index < -0.39 is 5.82 Å². The predicted octanol–water partition coefficient (Wildman–Crippen LogP) is 3.76. The van der Waals surface area contributed by atoms with Crippen LogP contribution in [0.2, 0.25) is 0 Å². The lowest BCUT2D eigenvalue weighted by Crippen LogP contribution is -2.35. The van der Waals surface area contributed by atoms with Crippen molar-refractivity contribution in [3.63, 3.8) is 0 Å². The van der Waals surface area contributed by atoms with Crippen molar-refractivity contribution in [1.29, 1.82) is 0 Å². The Hall–Kier alpha value is -2.64. The molecule has 0 saturated heterocycles. The number of benzene rings is 1. The van der Waals surface area contributed by atoms with E-state index in [1.165, 1.54) is 12.1 Å². The highest BCUT2D eigenvalue weighted by atomic mass is 35.5. The number of aromatic nitrogens is 1. The summed E-state index contributed by atoms with van der Waals surface area (Å²) in [5.74, 6) is -0.836. The SMILES string of the molecule is CCN(CC)CCNC(=O)c1c(C)[nH]c(/C=C2\C(=O)Nc3ccc(F)cc32)c1C.Cl. The molecule has 0 fully saturated rings. The van der Waals surface area contributed by atoms with Gasteiger partial charge >= 0.3 is 0 Å². The van der Waals surface area contributed by atoms with E-state index >= 15 is 0 Å². The van der Waals surface area contributed by atoms with E-state index in [0.717, 1.165) is 30.9 Å². The lowest BCUT2D eigenvalue weighted by atomic mass is 10.0. The Bertz CT molecular complexity index is 980. The van der Waals surface area contributed by atoms with Gasteiger partial charge in [-0.2, -0.15) is 0 Å². The number of aromatic amines is 1. The summed E-state index contributed by atoms with van der Waals surface area (Å²) in [5.41, 5.74) is 4.20. The fraction of sp³-hybridized carbons (Fsp3) is 0.364. The van der Waals surface area contributed by atoms with Gasteiger partial charge in [0.2, 0.25) is 0 Å². The first-order valence-corrected chi connectivity index (χ1v) is 9.88. The first-order valence-electron chi connectivity index (χ1n) is 9.88. The minimum Gasteiger partial charge on any atom is -0.358 e. The summed E-state index contributed by atoms with van der Waals surface area (Å²) < 4.78 is 13.7. The Morgan fingerprint density at radius 1 is 1.23 bits per heavy atom. The van der Waals surface area contributed by atoms with E-state index in [-0.39, 0.29) is 24.2 Å². The summed E-state index contributed by atoms with van der Waals surface area (Å²) in [7, 11) is 0. The number of likely N-dealkylation sites (N-methyl/N-ethyl adjacent to an activating group) is 1. The predicted molar refractivity (Wildman–Crippen MR) is 121 cm³/mol. The van der Waals surface area contributed by atoms with E-state index in [4.69, 9.17) is 0 Å². The molecule has 30 heavy (non-hydrogen) atoms. The Morgan fingerprint density at radius 2 is 1.93 bits per heavy atom. The van der Waals surface area contributed by atoms with Gasteiger partial charge in [-0.15, -0.1) is 12.4 Å². The van der Waals surface area contributed by atoms with Crippen molar-refractivity contribution in [3.8, 4) is 0 Å². The highest BCUT2D eigenvalue weighted by Gasteiger charge is 2.26. The van der Waals surface area contributed by atoms with Crippen molar-refractivity contribution in [3.05, 3.63) is 52.1 Å². The summed E-state index contributed by atoms with van der Waals surface area (Å²) in [6.45, 7) is 11.1. The Balaban J connectivity index is 0.00000320. The number of amides is 2. The summed E-state index contributed by atoms with van der Waals surface area (Å²) in [6.07, 6.45) is 1.68. The average molecular weight is 435 g/mol. The zero-order chi connectivity index (χ0) is 21.1. The van der Waals surface area contributed by atoms with Gasteiger partial charge < -0.3 is 20.5 Å². The molecule has 8 heteroatoms. The minimum absolute atomic E-state index is 0. The van der Waals surface area contributed by atoms with Gasteiger partial charge in [0, 0.05) is 35.7 Å². The molecule has 3 N–H and O–H groups in total. The number of carbonyl (C=O) groups is 2. The zero-order valence-electron chi connectivity index (χ0n) is 17.7. The van der Waals surface area contributed by atoms with Crippen LogP contribution >= 0.6 is 12.4 Å². The normalized spacial score (nSPS) is 13.9. The first kappa shape index (κ1) is 23.6. The molecule has 3 rings (SSSR count). The topological polar surface area (TPSA) is 77.2 Å². The van der Waals surface area contributed by atoms with Crippen molar-refractivity contribution < 1.29 is 14.0 Å². The number of rotatable bonds is 7. The van der Waals surface area contributed by atoms with E-state index in [9.17, 15) is 14.0 Å². The molecule has 1 aromatic heterocycles. The maximum atomic E-state index is 13.7. The van der Waals surface area contributed by atoms with Crippen LogP contribution in [0.25, 0.3) is 11.6 Å². The molecule has 162 valence electrons. The molecule has 0 spiro atoms. The molecule has 0 radical (unpaired) electrons. The molecular weight excluding hydrogens is 407 g/mol. The van der Waals surface area contributed by atoms with Gasteiger partial charge in [0.25, 0.3) is 11.8 Å². The minimum atomic E-state index is -0.404. The van der Waals surface area contributed by atoms with Gasteiger partial charge in [0.05, 0.1) is 11.1 Å². The molecule has 0 aliphatic carbocycles. The van der Waals surface area contributed by atoms with Gasteiger partial charge in [0.1, 0.15) is 5.82 Å². The number of nitrogens with zero attached hydrogens (tertiary/aromatic N) is 1. The van der Waals surface area contributed by atoms with Crippen molar-refractivity contribution in [2.75, 3.05) is 31.5 Å². The lowest BCUT2D eigenvalue weighted by molar-refractivity contribution is -0.110. The number of aryl methyl sites for hydroxylation is 1. The van der Waals surface area contributed by atoms with E-state index in [1.54, 1.807) is 12.1 Å². The Labute approximate surface area is 182 Å². The first-order chi connectivity index (χ1) is 13.8. The molecule has 6 nitrogen and oxygen atoms in total. The smallest absolute Gasteiger partial charge is 0.256 e. The van der Waals surface area contributed by atoms with Gasteiger partial charge in [0.15, 0.2) is 0 Å². The summed E-state index contributed by atoms with van der Waals surface area (Å²) >= 11 is 0. The van der Waals surface area contributed by atoms with Gasteiger partial charge in [-0.3, -0.25) is 9.59 Å². The maximum absolute atomic E-state index is 13.7. The number of nitrogens with one attached hydrogen (secondary N) is 3. The van der Waals surface area contributed by atoms with Crippen LogP contribution in [0.4, 0.5) is 10.1 Å². The number of hydrogen-bond acceptors (Lipinski definition) is 3. The van der Waals surface area contributed by atoms with Gasteiger partial charge in [-0.05, 0) is 56.8 Å². The van der Waals surface area contributed by atoms with Crippen LogP contribution in [0.5, 0.6) is 0 Å². The second kappa shape index (κ2) is 9.91. The highest BCUT2D eigenvalue weighted by Crippen LogP contribution is 2.34. The van der Waals surface area contributed by atoms with Crippen LogP contribution < -0.4 is 10.6 Å². The second-order valence-corrected chi connectivity index (χ2v) is 7.15. The summed E-state index contributed by atoms with van der Waals surface area (Å²) in [6, 6.07) is 4.20. The summed E-state index contributed by atoms with van der Waals surface area (Å²) in [4.78, 5) is 30.5. The van der Waals surface area contributed by atoms with Crippen LogP contribution in [0.15, 0.2) is 18.2 Å². The van der Waals surface area contributed by atoms with E-state index in [2.05, 4.69) is 34.4 Å². The Morgan fingerprint density at radius 3 is 2.60 bits per heavy atom. The number of carbonyl (C=O) groups excluding carboxylic acids is 2. The van der Waals surface area contributed by atoms with Crippen molar-refractivity contribution in [1.82, 2.24) is 15.2 Å². The quantitative estimate of drug-likeness (QED) is 0.581. The lowest BCUT2D eigenvalue weighted by Gasteiger charge is -2.18. The van der Waals surface area contributed by atoms with Crippen molar-refractivity contribution in [2.45, 2.75) is 27.7 Å². The third-order valence-corrected chi connectivity index (χ3v) is 5.36. The molecule has 1 aliphatic rings. The fourth-order valence-corrected chi connectivity index (χ4v) is 3.66. The van der Waals surface area contributed by atoms with Crippen molar-refractivity contribution >= 4 is 41.6 Å². The van der Waals surface area contributed by atoms with Crippen molar-refractivity contribution in [2.24, 2.45) is 0 Å². The highest BCUT2D eigenvalue weighted by molar-refractivity contribution is 6.34. The van der Waals surface area contributed by atoms with Gasteiger partial charge in [-0.25, -0.2) is 4.39 Å². The maximum Gasteiger partial charge on any atom is 0.256 e. The molecule has 2 aromatic rings. The molecule has 2 heterocycles. The number of anilines is 1. The van der Waals surface area contributed by atoms with E-state index in [0.29, 0.717) is 34.6 Å². The van der Waals surface area contributed by atoms with Crippen LogP contribution in [-0.4, -0.2) is 47.9 Å². The second-order valence-electron chi connectivity index (χ2n) is 7.15. The van der Waals surface area contributed by atoms with Gasteiger partial charge in [-0.1, -0.05) is 13.8 Å². The largest absolute Gasteiger partial charge is 0.358 e. The molecule has 1 aromatic carbocycles. The van der Waals surface area contributed by atoms with Crippen LogP contribution in [0.3, 0.4) is 0 Å². The molecular formula is C22H28ClFN4O2. The monoisotopic (exact) mass is 434 g/mol. The van der Waals surface area contributed by atoms with Crippen LogP contribution in [-0.2, 0) is 4.79 Å². The standard InChI is InChI=1S/C22H27FN4O2.ClH/c1-5-27(6-2)10-9-24-22(29)20-13(3)19(25-14(20)4)12-17-16-11-15(23)7-8-18(16)26-21(17)28;/h7-8,11-12,25H,5-6,9-10H2,1-4H3,(H,24,29)(H,26,28);1H/b17-12-;. The number of H-pyrrole nitrogens is 1. The third-order valence-electron chi connectivity index (χ3n) is 5.36. The Kier molecular flexibility index (Phi) is 7.81. The fourth-order valence-electron chi connectivity index (χ4n) is 3.66. The zero-order valence-corrected chi connectivity index (χ0v) is 18.5. The molecule has 0 saturated carbocycles.